The van der Waals surface area contributed by atoms with Crippen LogP contribution in [0.15, 0.2) is 48.0 Å². The molecule has 0 saturated carbocycles. The number of thiophene rings is 1. The van der Waals surface area contributed by atoms with Gasteiger partial charge in [0.25, 0.3) is 0 Å². The molecular weight excluding hydrogens is 424 g/mol. The average molecular weight is 449 g/mol. The second-order valence-electron chi connectivity index (χ2n) is 7.41. The van der Waals surface area contributed by atoms with Gasteiger partial charge in [0.1, 0.15) is 5.82 Å². The Morgan fingerprint density at radius 3 is 2.84 bits per heavy atom. The molecule has 0 aliphatic rings. The lowest BCUT2D eigenvalue weighted by molar-refractivity contribution is 0.0695. The third-order valence-electron chi connectivity index (χ3n) is 5.20. The van der Waals surface area contributed by atoms with Crippen LogP contribution in [0.2, 0.25) is 0 Å². The molecule has 2 N–H and O–H groups in total. The number of aryl methyl sites for hydroxylation is 1. The van der Waals surface area contributed by atoms with E-state index in [4.69, 9.17) is 0 Å². The van der Waals surface area contributed by atoms with Crippen molar-refractivity contribution < 1.29 is 9.90 Å². The van der Waals surface area contributed by atoms with E-state index in [0.717, 1.165) is 41.9 Å². The van der Waals surface area contributed by atoms with Crippen molar-refractivity contribution in [2.75, 3.05) is 0 Å². The second-order valence-corrected chi connectivity index (χ2v) is 8.44. The summed E-state index contributed by atoms with van der Waals surface area (Å²) >= 11 is 1.67. The number of aromatic carboxylic acids is 1. The van der Waals surface area contributed by atoms with Gasteiger partial charge in [-0.1, -0.05) is 37.6 Å². The highest BCUT2D eigenvalue weighted by Crippen LogP contribution is 2.24. The average Bonchev–Trinajstić information content (AvgIpc) is 3.56. The molecule has 1 aromatic carbocycles. The van der Waals surface area contributed by atoms with Gasteiger partial charge in [0.15, 0.2) is 0 Å². The van der Waals surface area contributed by atoms with E-state index in [0.29, 0.717) is 24.4 Å². The van der Waals surface area contributed by atoms with Crippen molar-refractivity contribution in [2.45, 2.75) is 39.2 Å². The number of rotatable bonds is 10. The number of hydrogen-bond acceptors (Lipinski definition) is 6. The minimum atomic E-state index is -0.932. The van der Waals surface area contributed by atoms with Gasteiger partial charge in [-0.25, -0.2) is 9.78 Å². The molecule has 0 spiro atoms. The topological polar surface area (TPSA) is 110 Å². The molecule has 3 heterocycles. The highest BCUT2D eigenvalue weighted by Gasteiger charge is 2.16. The number of carboxylic acids is 1. The maximum atomic E-state index is 11.7. The number of aromatic nitrogens is 6. The molecule has 0 aliphatic heterocycles. The fourth-order valence-corrected chi connectivity index (χ4v) is 4.30. The molecule has 3 aromatic heterocycles. The molecule has 164 valence electrons. The smallest absolute Gasteiger partial charge is 0.336 e. The highest BCUT2D eigenvalue weighted by atomic mass is 32.1. The first-order valence-electron chi connectivity index (χ1n) is 10.5. The highest BCUT2D eigenvalue weighted by molar-refractivity contribution is 7.10. The number of aromatic amines is 1. The van der Waals surface area contributed by atoms with Crippen molar-refractivity contribution in [1.29, 1.82) is 0 Å². The molecule has 0 aliphatic carbocycles. The lowest BCUT2D eigenvalue weighted by Gasteiger charge is -2.13. The predicted molar refractivity (Wildman–Crippen MR) is 123 cm³/mol. The lowest BCUT2D eigenvalue weighted by Crippen LogP contribution is -2.11. The molecule has 0 saturated heterocycles. The number of H-pyrrole nitrogens is 1. The van der Waals surface area contributed by atoms with Gasteiger partial charge in [-0.3, -0.25) is 0 Å². The van der Waals surface area contributed by atoms with E-state index in [1.807, 2.05) is 35.9 Å². The lowest BCUT2D eigenvalue weighted by atomic mass is 10.1. The Morgan fingerprint density at radius 1 is 1.25 bits per heavy atom. The fourth-order valence-electron chi connectivity index (χ4n) is 3.57. The molecule has 0 atom stereocenters. The van der Waals surface area contributed by atoms with E-state index in [9.17, 15) is 9.90 Å². The number of nitrogens with zero attached hydrogens (tertiary/aromatic N) is 5. The molecule has 4 rings (SSSR count). The van der Waals surface area contributed by atoms with Crippen LogP contribution in [0.4, 0.5) is 0 Å². The summed E-state index contributed by atoms with van der Waals surface area (Å²) in [6.45, 7) is 2.56. The van der Waals surface area contributed by atoms with Crippen LogP contribution < -0.4 is 0 Å². The largest absolute Gasteiger partial charge is 0.478 e. The van der Waals surface area contributed by atoms with E-state index in [-0.39, 0.29) is 0 Å². The number of unbranched alkanes of at least 4 members (excludes halogenated alkanes) is 1. The molecule has 0 radical (unpaired) electrons. The van der Waals surface area contributed by atoms with E-state index in [2.05, 4.69) is 43.2 Å². The number of carboxylic acid groups (broad SMARTS) is 1. The number of allylic oxidation sites excluding steroid dienone is 1. The van der Waals surface area contributed by atoms with E-state index in [1.165, 1.54) is 4.88 Å². The molecule has 0 unspecified atom stereocenters. The van der Waals surface area contributed by atoms with Crippen LogP contribution in [0.3, 0.4) is 0 Å². The molecule has 32 heavy (non-hydrogen) atoms. The van der Waals surface area contributed by atoms with Gasteiger partial charge in [-0.05, 0) is 40.8 Å². The Labute approximate surface area is 189 Å². The summed E-state index contributed by atoms with van der Waals surface area (Å²) in [4.78, 5) is 17.6. The number of tetrazole rings is 1. The van der Waals surface area contributed by atoms with Crippen molar-refractivity contribution in [3.63, 3.8) is 0 Å². The van der Waals surface area contributed by atoms with Crippen LogP contribution in [0, 0.1) is 0 Å². The van der Waals surface area contributed by atoms with Gasteiger partial charge < -0.3 is 9.67 Å². The Morgan fingerprint density at radius 2 is 2.12 bits per heavy atom. The molecule has 0 amide bonds. The standard InChI is InChI=1S/C23H24N6O2S/c1-2-3-10-21-24-14-18(29(21)15-16-7-4-5-9-20(16)23(30)31)12-17(22-25-27-28-26-22)13-19-8-6-11-32-19/h4-9,11-12,14H,2-3,10,13,15H2,1H3,(H,30,31)(H,25,26,27,28)/b17-12+. The molecule has 9 heteroatoms. The zero-order valence-electron chi connectivity index (χ0n) is 17.7. The minimum absolute atomic E-state index is 0.301. The van der Waals surface area contributed by atoms with Gasteiger partial charge in [-0.2, -0.15) is 5.21 Å². The summed E-state index contributed by atoms with van der Waals surface area (Å²) in [5.74, 6) is 0.534. The first-order chi connectivity index (χ1) is 15.7. The zero-order valence-corrected chi connectivity index (χ0v) is 18.5. The number of carbonyl (C=O) groups is 1. The first-order valence-corrected chi connectivity index (χ1v) is 11.4. The summed E-state index contributed by atoms with van der Waals surface area (Å²) in [5.41, 5.74) is 2.84. The van der Waals surface area contributed by atoms with Crippen molar-refractivity contribution in [3.05, 3.63) is 81.3 Å². The van der Waals surface area contributed by atoms with E-state index in [1.54, 1.807) is 23.5 Å². The molecule has 4 aromatic rings. The predicted octanol–water partition coefficient (Wildman–Crippen LogP) is 4.33. The summed E-state index contributed by atoms with van der Waals surface area (Å²) in [5, 5.41) is 26.3. The van der Waals surface area contributed by atoms with Crippen molar-refractivity contribution >= 4 is 29.0 Å². The minimum Gasteiger partial charge on any atom is -0.478 e. The van der Waals surface area contributed by atoms with Gasteiger partial charge in [0.05, 0.1) is 24.0 Å². The van der Waals surface area contributed by atoms with Crippen LogP contribution in [0.5, 0.6) is 0 Å². The number of imidazole rings is 1. The SMILES string of the molecule is CCCCc1ncc(/C=C(\Cc2cccs2)c2nn[nH]n2)n1Cc1ccccc1C(=O)O. The molecule has 8 nitrogen and oxygen atoms in total. The maximum absolute atomic E-state index is 11.7. The van der Waals surface area contributed by atoms with Crippen molar-refractivity contribution in [2.24, 2.45) is 0 Å². The summed E-state index contributed by atoms with van der Waals surface area (Å²) < 4.78 is 2.09. The summed E-state index contributed by atoms with van der Waals surface area (Å²) in [6.07, 6.45) is 7.41. The quantitative estimate of drug-likeness (QED) is 0.374. The van der Waals surface area contributed by atoms with Crippen molar-refractivity contribution in [1.82, 2.24) is 30.2 Å². The first kappa shape index (κ1) is 21.6. The van der Waals surface area contributed by atoms with Gasteiger partial charge >= 0.3 is 5.97 Å². The zero-order chi connectivity index (χ0) is 22.3. The van der Waals surface area contributed by atoms with E-state index < -0.39 is 5.97 Å². The van der Waals surface area contributed by atoms with E-state index >= 15 is 0 Å². The van der Waals surface area contributed by atoms with Gasteiger partial charge in [-0.15, -0.1) is 21.5 Å². The Balaban J connectivity index is 1.76. The number of hydrogen-bond donors (Lipinski definition) is 2. The molecular formula is C23H24N6O2S. The van der Waals surface area contributed by atoms with Crippen LogP contribution >= 0.6 is 11.3 Å². The molecule has 0 bridgehead atoms. The summed E-state index contributed by atoms with van der Waals surface area (Å²) in [7, 11) is 0. The maximum Gasteiger partial charge on any atom is 0.336 e. The summed E-state index contributed by atoms with van der Waals surface area (Å²) in [6, 6.07) is 11.2. The van der Waals surface area contributed by atoms with Crippen LogP contribution in [-0.2, 0) is 19.4 Å². The Bertz CT molecular complexity index is 1200. The van der Waals surface area contributed by atoms with Crippen LogP contribution in [-0.4, -0.2) is 41.3 Å². The fraction of sp³-hybridized carbons (Fsp3) is 0.261. The number of benzene rings is 1. The monoisotopic (exact) mass is 448 g/mol. The van der Waals surface area contributed by atoms with Crippen LogP contribution in [0.1, 0.15) is 57.9 Å². The van der Waals surface area contributed by atoms with Gasteiger partial charge in [0.2, 0.25) is 5.82 Å². The van der Waals surface area contributed by atoms with Gasteiger partial charge in [0, 0.05) is 23.3 Å². The van der Waals surface area contributed by atoms with Crippen molar-refractivity contribution in [3.8, 4) is 0 Å². The Kier molecular flexibility index (Phi) is 6.86. The normalized spacial score (nSPS) is 11.7. The number of nitrogens with one attached hydrogen (secondary N) is 1. The van der Waals surface area contributed by atoms with Crippen LogP contribution in [0.25, 0.3) is 11.6 Å². The second kappa shape index (κ2) is 10.1. The molecule has 0 fully saturated rings. The third kappa shape index (κ3) is 5.00. The third-order valence-corrected chi connectivity index (χ3v) is 6.08. The Hall–Kier alpha value is -3.59.